The van der Waals surface area contributed by atoms with Crippen LogP contribution in [0.2, 0.25) is 5.02 Å². The van der Waals surface area contributed by atoms with Gasteiger partial charge < -0.3 is 18.8 Å². The Bertz CT molecular complexity index is 1010. The zero-order valence-corrected chi connectivity index (χ0v) is 15.9. The Morgan fingerprint density at radius 3 is 2.71 bits per heavy atom. The molecule has 7 heteroatoms. The van der Waals surface area contributed by atoms with Crippen molar-refractivity contribution in [2.45, 2.75) is 18.8 Å². The zero-order chi connectivity index (χ0) is 19.1. The molecule has 0 N–H and O–H groups in total. The molecule has 3 heterocycles. The fourth-order valence-corrected chi connectivity index (χ4v) is 4.08. The number of amides is 1. The van der Waals surface area contributed by atoms with Crippen molar-refractivity contribution < 1.29 is 18.7 Å². The van der Waals surface area contributed by atoms with Gasteiger partial charge in [-0.05, 0) is 37.1 Å². The molecule has 2 aliphatic rings. The van der Waals surface area contributed by atoms with E-state index in [1.54, 1.807) is 12.1 Å². The minimum absolute atomic E-state index is 0.0464. The van der Waals surface area contributed by atoms with Crippen molar-refractivity contribution in [3.8, 4) is 11.5 Å². The highest BCUT2D eigenvalue weighted by Crippen LogP contribution is 2.39. The highest BCUT2D eigenvalue weighted by atomic mass is 35.5. The molecule has 0 saturated carbocycles. The Hall–Kier alpha value is -2.73. The van der Waals surface area contributed by atoms with Gasteiger partial charge in [0.2, 0.25) is 0 Å². The summed E-state index contributed by atoms with van der Waals surface area (Å²) in [6, 6.07) is 11.1. The molecule has 6 nitrogen and oxygen atoms in total. The number of piperidine rings is 1. The van der Waals surface area contributed by atoms with Gasteiger partial charge in [0.1, 0.15) is 18.7 Å². The van der Waals surface area contributed by atoms with Gasteiger partial charge in [-0.25, -0.2) is 4.98 Å². The third-order valence-corrected chi connectivity index (χ3v) is 5.57. The molecule has 0 unspecified atom stereocenters. The number of nitrogens with zero attached hydrogens (tertiary/aromatic N) is 2. The van der Waals surface area contributed by atoms with Gasteiger partial charge in [0.05, 0.1) is 5.02 Å². The van der Waals surface area contributed by atoms with Gasteiger partial charge in [0.15, 0.2) is 23.0 Å². The Labute approximate surface area is 167 Å². The number of carbonyl (C=O) groups excluding carboxylic acids is 1. The Kier molecular flexibility index (Phi) is 4.36. The largest absolute Gasteiger partial charge is 0.486 e. The lowest BCUT2D eigenvalue weighted by Gasteiger charge is -2.31. The second-order valence-corrected chi connectivity index (χ2v) is 7.48. The number of fused-ring (bicyclic) bond motifs is 2. The van der Waals surface area contributed by atoms with Gasteiger partial charge in [-0.3, -0.25) is 4.79 Å². The van der Waals surface area contributed by atoms with E-state index in [9.17, 15) is 4.79 Å². The summed E-state index contributed by atoms with van der Waals surface area (Å²) in [6.45, 7) is 2.21. The first-order chi connectivity index (χ1) is 13.7. The molecule has 2 aliphatic heterocycles. The molecule has 0 spiro atoms. The molecule has 1 saturated heterocycles. The normalized spacial score (nSPS) is 17.1. The average Bonchev–Trinajstić information content (AvgIpc) is 3.18. The van der Waals surface area contributed by atoms with Gasteiger partial charge in [0, 0.05) is 24.6 Å². The van der Waals surface area contributed by atoms with Crippen molar-refractivity contribution in [3.05, 3.63) is 52.9 Å². The number of hydrogen-bond donors (Lipinski definition) is 0. The smallest absolute Gasteiger partial charge is 0.254 e. The maximum absolute atomic E-state index is 13.0. The molecule has 3 aromatic rings. The third-order valence-electron chi connectivity index (χ3n) is 5.29. The van der Waals surface area contributed by atoms with E-state index < -0.39 is 0 Å². The Morgan fingerprint density at radius 1 is 1.11 bits per heavy atom. The second kappa shape index (κ2) is 7.02. The van der Waals surface area contributed by atoms with Gasteiger partial charge >= 0.3 is 0 Å². The molecular weight excluding hydrogens is 380 g/mol. The molecule has 0 radical (unpaired) electrons. The van der Waals surface area contributed by atoms with E-state index in [0.29, 0.717) is 48.4 Å². The standard InChI is InChI=1S/C21H19ClN2O4/c22-15-11-14(12-18-19(15)27-10-9-26-18)21(25)24-7-5-13(6-8-24)20-23-16-3-1-2-4-17(16)28-20/h1-4,11-13H,5-10H2. The number of carbonyl (C=O) groups is 1. The summed E-state index contributed by atoms with van der Waals surface area (Å²) in [6.07, 6.45) is 1.63. The van der Waals surface area contributed by atoms with E-state index in [0.717, 1.165) is 29.8 Å². The van der Waals surface area contributed by atoms with Gasteiger partial charge in [0.25, 0.3) is 5.91 Å². The fraction of sp³-hybridized carbons (Fsp3) is 0.333. The first kappa shape index (κ1) is 17.4. The maximum Gasteiger partial charge on any atom is 0.254 e. The van der Waals surface area contributed by atoms with Crippen LogP contribution < -0.4 is 9.47 Å². The van der Waals surface area contributed by atoms with E-state index in [2.05, 4.69) is 4.98 Å². The van der Waals surface area contributed by atoms with E-state index >= 15 is 0 Å². The van der Waals surface area contributed by atoms with E-state index in [1.807, 2.05) is 29.2 Å². The van der Waals surface area contributed by atoms with Crippen LogP contribution in [0.1, 0.15) is 35.0 Å². The third kappa shape index (κ3) is 3.07. The highest BCUT2D eigenvalue weighted by Gasteiger charge is 2.29. The van der Waals surface area contributed by atoms with Crippen LogP contribution in [0.3, 0.4) is 0 Å². The highest BCUT2D eigenvalue weighted by molar-refractivity contribution is 6.32. The predicted octanol–water partition coefficient (Wildman–Crippen LogP) is 4.27. The van der Waals surface area contributed by atoms with Crippen LogP contribution in [0.5, 0.6) is 11.5 Å². The van der Waals surface area contributed by atoms with Crippen LogP contribution in [0.25, 0.3) is 11.1 Å². The number of oxazole rings is 1. The summed E-state index contributed by atoms with van der Waals surface area (Å²) in [5, 5.41) is 0.405. The molecule has 0 atom stereocenters. The molecule has 1 aromatic heterocycles. The number of likely N-dealkylation sites (tertiary alicyclic amines) is 1. The van der Waals surface area contributed by atoms with Crippen molar-refractivity contribution >= 4 is 28.6 Å². The van der Waals surface area contributed by atoms with Crippen molar-refractivity contribution in [2.24, 2.45) is 0 Å². The molecule has 28 heavy (non-hydrogen) atoms. The summed E-state index contributed by atoms with van der Waals surface area (Å²) in [4.78, 5) is 19.4. The zero-order valence-electron chi connectivity index (χ0n) is 15.2. The van der Waals surface area contributed by atoms with Crippen LogP contribution in [0, 0.1) is 0 Å². The predicted molar refractivity (Wildman–Crippen MR) is 104 cm³/mol. The summed E-state index contributed by atoms with van der Waals surface area (Å²) in [5.74, 6) is 1.98. The Balaban J connectivity index is 1.30. The second-order valence-electron chi connectivity index (χ2n) is 7.07. The summed E-state index contributed by atoms with van der Waals surface area (Å²) in [7, 11) is 0. The molecule has 1 amide bonds. The number of hydrogen-bond acceptors (Lipinski definition) is 5. The molecule has 2 aromatic carbocycles. The molecule has 1 fully saturated rings. The monoisotopic (exact) mass is 398 g/mol. The molecule has 0 aliphatic carbocycles. The molecule has 5 rings (SSSR count). The van der Waals surface area contributed by atoms with Crippen molar-refractivity contribution in [1.82, 2.24) is 9.88 Å². The topological polar surface area (TPSA) is 64.8 Å². The lowest BCUT2D eigenvalue weighted by molar-refractivity contribution is 0.0705. The fourth-order valence-electron chi connectivity index (χ4n) is 3.81. The maximum atomic E-state index is 13.0. The summed E-state index contributed by atoms with van der Waals surface area (Å²) in [5.41, 5.74) is 2.21. The number of rotatable bonds is 2. The van der Waals surface area contributed by atoms with Gasteiger partial charge in [-0.2, -0.15) is 0 Å². The van der Waals surface area contributed by atoms with Crippen LogP contribution in [0.15, 0.2) is 40.8 Å². The molecule has 144 valence electrons. The van der Waals surface area contributed by atoms with Gasteiger partial charge in [-0.15, -0.1) is 0 Å². The summed E-state index contributed by atoms with van der Waals surface area (Å²) < 4.78 is 17.0. The number of ether oxygens (including phenoxy) is 2. The van der Waals surface area contributed by atoms with Crippen molar-refractivity contribution in [1.29, 1.82) is 0 Å². The van der Waals surface area contributed by atoms with E-state index in [-0.39, 0.29) is 11.8 Å². The van der Waals surface area contributed by atoms with Crippen LogP contribution in [0.4, 0.5) is 0 Å². The van der Waals surface area contributed by atoms with E-state index in [4.69, 9.17) is 25.5 Å². The average molecular weight is 399 g/mol. The first-order valence-electron chi connectivity index (χ1n) is 9.43. The SMILES string of the molecule is O=C(c1cc(Cl)c2c(c1)OCCO2)N1CCC(c2nc3ccccc3o2)CC1. The Morgan fingerprint density at radius 2 is 1.89 bits per heavy atom. The minimum atomic E-state index is -0.0464. The van der Waals surface area contributed by atoms with Crippen molar-refractivity contribution in [3.63, 3.8) is 0 Å². The number of halogens is 1. The number of para-hydroxylation sites is 2. The van der Waals surface area contributed by atoms with E-state index in [1.165, 1.54) is 0 Å². The number of aromatic nitrogens is 1. The lowest BCUT2D eigenvalue weighted by atomic mass is 9.96. The lowest BCUT2D eigenvalue weighted by Crippen LogP contribution is -2.38. The van der Waals surface area contributed by atoms with Crippen LogP contribution >= 0.6 is 11.6 Å². The molecule has 0 bridgehead atoms. The van der Waals surface area contributed by atoms with Crippen molar-refractivity contribution in [2.75, 3.05) is 26.3 Å². The van der Waals surface area contributed by atoms with Crippen LogP contribution in [-0.4, -0.2) is 42.1 Å². The van der Waals surface area contributed by atoms with Gasteiger partial charge in [-0.1, -0.05) is 23.7 Å². The first-order valence-corrected chi connectivity index (χ1v) is 9.81. The quantitative estimate of drug-likeness (QED) is 0.645. The van der Waals surface area contributed by atoms with Crippen LogP contribution in [-0.2, 0) is 0 Å². The molecular formula is C21H19ClN2O4. The number of benzene rings is 2. The minimum Gasteiger partial charge on any atom is -0.486 e. The summed E-state index contributed by atoms with van der Waals surface area (Å²) >= 11 is 6.28.